The first-order valence-electron chi connectivity index (χ1n) is 11.0. The number of anilines is 1. The molecule has 1 aliphatic heterocycles. The molecule has 6 heteroatoms. The van der Waals surface area contributed by atoms with Crippen molar-refractivity contribution in [3.05, 3.63) is 78.6 Å². The van der Waals surface area contributed by atoms with E-state index < -0.39 is 0 Å². The molecule has 0 unspecified atom stereocenters. The van der Waals surface area contributed by atoms with Crippen LogP contribution in [0.2, 0.25) is 0 Å². The van der Waals surface area contributed by atoms with E-state index in [1.165, 1.54) is 5.52 Å². The Balaban J connectivity index is 1.25. The molecule has 32 heavy (non-hydrogen) atoms. The molecule has 1 saturated heterocycles. The summed E-state index contributed by atoms with van der Waals surface area (Å²) in [5.41, 5.74) is 3.77. The van der Waals surface area contributed by atoms with E-state index in [0.29, 0.717) is 0 Å². The molecule has 0 aliphatic carbocycles. The predicted molar refractivity (Wildman–Crippen MR) is 129 cm³/mol. The van der Waals surface area contributed by atoms with Gasteiger partial charge in [0, 0.05) is 72.2 Å². The van der Waals surface area contributed by atoms with Crippen LogP contribution in [0, 0.1) is 0 Å². The minimum absolute atomic E-state index is 0.163. The number of ether oxygens (including phenoxy) is 1. The lowest BCUT2D eigenvalue weighted by Crippen LogP contribution is -2.38. The number of carbonyl (C=O) groups is 1. The van der Waals surface area contributed by atoms with Crippen LogP contribution in [0.25, 0.3) is 27.9 Å². The van der Waals surface area contributed by atoms with E-state index in [0.717, 1.165) is 66.9 Å². The molecule has 0 atom stereocenters. The number of para-hydroxylation sites is 1. The van der Waals surface area contributed by atoms with Gasteiger partial charge in [0.25, 0.3) is 0 Å². The third kappa shape index (κ3) is 4.56. The minimum Gasteiger partial charge on any atom is -0.379 e. The summed E-state index contributed by atoms with van der Waals surface area (Å²) >= 11 is 0. The van der Waals surface area contributed by atoms with Crippen LogP contribution in [-0.4, -0.2) is 53.2 Å². The van der Waals surface area contributed by atoms with E-state index in [1.54, 1.807) is 12.3 Å². The average Bonchev–Trinajstić information content (AvgIpc) is 3.24. The summed E-state index contributed by atoms with van der Waals surface area (Å²) in [5.74, 6) is -0.163. The van der Waals surface area contributed by atoms with Gasteiger partial charge < -0.3 is 14.6 Å². The SMILES string of the molecule is O=C(/C=C/c1cccc2cccnc12)Nc1ccc2c(ccn2CCN2CCOCC2)c1. The molecule has 1 amide bonds. The number of fused-ring (bicyclic) bond motifs is 2. The summed E-state index contributed by atoms with van der Waals surface area (Å²) in [7, 11) is 0. The first-order chi connectivity index (χ1) is 15.8. The molecule has 5 rings (SSSR count). The first-order valence-corrected chi connectivity index (χ1v) is 11.0. The van der Waals surface area contributed by atoms with Gasteiger partial charge in [0.15, 0.2) is 0 Å². The number of morpholine rings is 1. The fraction of sp³-hybridized carbons (Fsp3) is 0.231. The molecule has 6 nitrogen and oxygen atoms in total. The Kier molecular flexibility index (Phi) is 5.96. The smallest absolute Gasteiger partial charge is 0.248 e. The van der Waals surface area contributed by atoms with Gasteiger partial charge in [-0.3, -0.25) is 14.7 Å². The third-order valence-corrected chi connectivity index (χ3v) is 5.88. The molecule has 1 N–H and O–H groups in total. The Morgan fingerprint density at radius 1 is 1.03 bits per heavy atom. The number of carbonyl (C=O) groups excluding carboxylic acids is 1. The Labute approximate surface area is 187 Å². The maximum Gasteiger partial charge on any atom is 0.248 e. The number of pyridine rings is 1. The molecule has 0 spiro atoms. The zero-order valence-electron chi connectivity index (χ0n) is 17.9. The lowest BCUT2D eigenvalue weighted by atomic mass is 10.1. The van der Waals surface area contributed by atoms with Gasteiger partial charge in [-0.05, 0) is 36.4 Å². The van der Waals surface area contributed by atoms with Crippen LogP contribution < -0.4 is 5.32 Å². The molecule has 2 aromatic carbocycles. The van der Waals surface area contributed by atoms with Gasteiger partial charge in [-0.15, -0.1) is 0 Å². The van der Waals surface area contributed by atoms with Crippen LogP contribution in [0.1, 0.15) is 5.56 Å². The lowest BCUT2D eigenvalue weighted by Gasteiger charge is -2.26. The van der Waals surface area contributed by atoms with Crippen molar-refractivity contribution in [2.75, 3.05) is 38.2 Å². The van der Waals surface area contributed by atoms with Crippen LogP contribution in [0.5, 0.6) is 0 Å². The highest BCUT2D eigenvalue weighted by Crippen LogP contribution is 2.21. The second-order valence-corrected chi connectivity index (χ2v) is 7.98. The van der Waals surface area contributed by atoms with Crippen LogP contribution >= 0.6 is 0 Å². The Bertz CT molecular complexity index is 1270. The summed E-state index contributed by atoms with van der Waals surface area (Å²) in [6, 6.07) is 18.0. The number of nitrogens with one attached hydrogen (secondary N) is 1. The highest BCUT2D eigenvalue weighted by atomic mass is 16.5. The maximum absolute atomic E-state index is 12.5. The molecular weight excluding hydrogens is 400 g/mol. The quantitative estimate of drug-likeness (QED) is 0.470. The molecule has 4 aromatic rings. The third-order valence-electron chi connectivity index (χ3n) is 5.88. The van der Waals surface area contributed by atoms with Crippen molar-refractivity contribution in [3.8, 4) is 0 Å². The Morgan fingerprint density at radius 3 is 2.81 bits per heavy atom. The zero-order valence-corrected chi connectivity index (χ0v) is 17.9. The van der Waals surface area contributed by atoms with E-state index in [2.05, 4.69) is 38.1 Å². The number of nitrogens with zero attached hydrogens (tertiary/aromatic N) is 3. The van der Waals surface area contributed by atoms with Gasteiger partial charge in [-0.2, -0.15) is 0 Å². The summed E-state index contributed by atoms with van der Waals surface area (Å²) < 4.78 is 7.69. The Hall–Kier alpha value is -3.48. The summed E-state index contributed by atoms with van der Waals surface area (Å²) in [6.07, 6.45) is 7.25. The average molecular weight is 427 g/mol. The standard InChI is InChI=1S/C26H26N4O2/c31-25(9-6-21-4-1-3-20-5-2-11-27-26(20)21)28-23-7-8-24-22(19-23)10-12-30(24)14-13-29-15-17-32-18-16-29/h1-12,19H,13-18H2,(H,28,31)/b9-6+. The van der Waals surface area contributed by atoms with Crippen LogP contribution in [0.4, 0.5) is 5.69 Å². The first kappa shape index (κ1) is 20.4. The number of amides is 1. The van der Waals surface area contributed by atoms with E-state index in [4.69, 9.17) is 4.74 Å². The molecule has 1 aliphatic rings. The normalized spacial score (nSPS) is 15.0. The van der Waals surface area contributed by atoms with E-state index >= 15 is 0 Å². The van der Waals surface area contributed by atoms with Crippen molar-refractivity contribution in [2.24, 2.45) is 0 Å². The Morgan fingerprint density at radius 2 is 1.91 bits per heavy atom. The van der Waals surface area contributed by atoms with Crippen molar-refractivity contribution in [1.82, 2.24) is 14.5 Å². The van der Waals surface area contributed by atoms with Crippen LogP contribution in [0.3, 0.4) is 0 Å². The van der Waals surface area contributed by atoms with Crippen molar-refractivity contribution < 1.29 is 9.53 Å². The van der Waals surface area contributed by atoms with Crippen LogP contribution in [0.15, 0.2) is 73.1 Å². The molecule has 1 fully saturated rings. The predicted octanol–water partition coefficient (Wildman–Crippen LogP) is 4.17. The van der Waals surface area contributed by atoms with Crippen molar-refractivity contribution >= 4 is 39.5 Å². The topological polar surface area (TPSA) is 59.4 Å². The lowest BCUT2D eigenvalue weighted by molar-refractivity contribution is -0.111. The van der Waals surface area contributed by atoms with Crippen LogP contribution in [-0.2, 0) is 16.1 Å². The van der Waals surface area contributed by atoms with Gasteiger partial charge in [-0.1, -0.05) is 24.3 Å². The summed E-state index contributed by atoms with van der Waals surface area (Å²) in [6.45, 7) is 5.59. The number of aromatic nitrogens is 2. The zero-order chi connectivity index (χ0) is 21.8. The van der Waals surface area contributed by atoms with Gasteiger partial charge in [0.1, 0.15) is 0 Å². The van der Waals surface area contributed by atoms with Crippen molar-refractivity contribution in [3.63, 3.8) is 0 Å². The van der Waals surface area contributed by atoms with E-state index in [1.807, 2.05) is 48.5 Å². The number of hydrogen-bond donors (Lipinski definition) is 1. The number of hydrogen-bond acceptors (Lipinski definition) is 4. The second kappa shape index (κ2) is 9.34. The van der Waals surface area contributed by atoms with Gasteiger partial charge in [0.05, 0.1) is 18.7 Å². The highest BCUT2D eigenvalue weighted by Gasteiger charge is 2.11. The van der Waals surface area contributed by atoms with Gasteiger partial charge in [-0.25, -0.2) is 0 Å². The number of rotatable bonds is 6. The van der Waals surface area contributed by atoms with Crippen molar-refractivity contribution in [1.29, 1.82) is 0 Å². The molecular formula is C26H26N4O2. The fourth-order valence-corrected chi connectivity index (χ4v) is 4.16. The maximum atomic E-state index is 12.5. The van der Waals surface area contributed by atoms with E-state index in [-0.39, 0.29) is 5.91 Å². The summed E-state index contributed by atoms with van der Waals surface area (Å²) in [4.78, 5) is 19.4. The van der Waals surface area contributed by atoms with E-state index in [9.17, 15) is 4.79 Å². The van der Waals surface area contributed by atoms with Gasteiger partial charge in [0.2, 0.25) is 5.91 Å². The molecule has 0 radical (unpaired) electrons. The largest absolute Gasteiger partial charge is 0.379 e. The van der Waals surface area contributed by atoms with Gasteiger partial charge >= 0.3 is 0 Å². The molecule has 0 saturated carbocycles. The minimum atomic E-state index is -0.163. The molecule has 0 bridgehead atoms. The molecule has 2 aromatic heterocycles. The highest BCUT2D eigenvalue weighted by molar-refractivity contribution is 6.04. The molecule has 162 valence electrons. The molecule has 3 heterocycles. The number of benzene rings is 2. The second-order valence-electron chi connectivity index (χ2n) is 7.98. The fourth-order valence-electron chi connectivity index (χ4n) is 4.16. The monoisotopic (exact) mass is 426 g/mol. The summed E-state index contributed by atoms with van der Waals surface area (Å²) in [5, 5.41) is 5.14. The van der Waals surface area contributed by atoms with Crippen molar-refractivity contribution in [2.45, 2.75) is 6.54 Å².